The molecule has 2 N–H and O–H groups in total. The van der Waals surface area contributed by atoms with Crippen LogP contribution in [0.15, 0.2) is 16.6 Å². The van der Waals surface area contributed by atoms with E-state index in [0.717, 1.165) is 0 Å². The number of hydrogen-bond donors (Lipinski definition) is 1. The van der Waals surface area contributed by atoms with Gasteiger partial charge in [0.1, 0.15) is 24.1 Å². The Bertz CT molecular complexity index is 512. The van der Waals surface area contributed by atoms with Crippen molar-refractivity contribution in [3.05, 3.63) is 21.9 Å². The minimum atomic E-state index is -0.801. The number of nitrogens with zero attached hydrogens (tertiary/aromatic N) is 3. The Balaban J connectivity index is 2.24. The molecule has 9 nitrogen and oxygen atoms in total. The number of ether oxygens (including phenoxy) is 4. The maximum absolute atomic E-state index is 11.3. The summed E-state index contributed by atoms with van der Waals surface area (Å²) in [5.74, 6) is -0.934. The van der Waals surface area contributed by atoms with Crippen LogP contribution in [-0.2, 0) is 23.7 Å². The molecule has 2 heterocycles. The summed E-state index contributed by atoms with van der Waals surface area (Å²) in [6.07, 6.45) is -1.56. The molecule has 0 aromatic rings. The van der Waals surface area contributed by atoms with Crippen LogP contribution in [0.5, 0.6) is 0 Å². The Labute approximate surface area is 121 Å². The van der Waals surface area contributed by atoms with Gasteiger partial charge in [-0.1, -0.05) is 5.11 Å². The van der Waals surface area contributed by atoms with Gasteiger partial charge in [-0.3, -0.25) is 4.79 Å². The number of nitrogens with two attached hydrogens (primary N) is 1. The number of esters is 1. The van der Waals surface area contributed by atoms with E-state index in [1.807, 2.05) is 0 Å². The zero-order valence-electron chi connectivity index (χ0n) is 12.1. The Hall–Kier alpha value is -1.96. The van der Waals surface area contributed by atoms with E-state index >= 15 is 0 Å². The summed E-state index contributed by atoms with van der Waals surface area (Å²) < 4.78 is 21.8. The standard InChI is InChI=1S/C12H18N4O5/c1-12(2)20-10-7(5-15-16-14)19-9(11(10)21-12)6(13)4-8(17)18-3/h7,10-11H,4-5,13H2,1-3H3/t7-,10-,11?/m1/s1. The Morgan fingerprint density at radius 2 is 2.24 bits per heavy atom. The molecular formula is C12H18N4O5. The van der Waals surface area contributed by atoms with Crippen molar-refractivity contribution in [2.24, 2.45) is 10.8 Å². The summed E-state index contributed by atoms with van der Waals surface area (Å²) in [7, 11) is 1.28. The number of hydrogen-bond acceptors (Lipinski definition) is 7. The first-order chi connectivity index (χ1) is 9.88. The fourth-order valence-electron chi connectivity index (χ4n) is 2.39. The van der Waals surface area contributed by atoms with Crippen LogP contribution in [0.25, 0.3) is 10.4 Å². The van der Waals surface area contributed by atoms with Gasteiger partial charge in [-0.2, -0.15) is 0 Å². The van der Waals surface area contributed by atoms with Crippen LogP contribution in [0, 0.1) is 0 Å². The lowest BCUT2D eigenvalue weighted by Crippen LogP contribution is -2.31. The highest BCUT2D eigenvalue weighted by atomic mass is 16.8. The first kappa shape index (κ1) is 15.4. The highest BCUT2D eigenvalue weighted by molar-refractivity contribution is 5.72. The lowest BCUT2D eigenvalue weighted by Gasteiger charge is -2.22. The van der Waals surface area contributed by atoms with Crippen molar-refractivity contribution in [1.82, 2.24) is 0 Å². The second-order valence-electron chi connectivity index (χ2n) is 5.23. The summed E-state index contributed by atoms with van der Waals surface area (Å²) in [4.78, 5) is 14.0. The number of rotatable bonds is 4. The van der Waals surface area contributed by atoms with Crippen LogP contribution >= 0.6 is 0 Å². The van der Waals surface area contributed by atoms with Gasteiger partial charge in [0, 0.05) is 4.91 Å². The van der Waals surface area contributed by atoms with Gasteiger partial charge in [-0.15, -0.1) is 0 Å². The van der Waals surface area contributed by atoms with Crippen LogP contribution in [0.2, 0.25) is 0 Å². The largest absolute Gasteiger partial charge is 0.487 e. The predicted octanol–water partition coefficient (Wildman–Crippen LogP) is 0.949. The fraction of sp³-hybridized carbons (Fsp3) is 0.750. The molecule has 1 unspecified atom stereocenters. The lowest BCUT2D eigenvalue weighted by atomic mass is 10.1. The number of carbonyl (C=O) groups excluding carboxylic acids is 1. The Kier molecular flexibility index (Phi) is 4.26. The van der Waals surface area contributed by atoms with Crippen molar-refractivity contribution in [1.29, 1.82) is 0 Å². The van der Waals surface area contributed by atoms with Crippen molar-refractivity contribution in [2.45, 2.75) is 44.4 Å². The number of azide groups is 1. The molecule has 2 aliphatic heterocycles. The van der Waals surface area contributed by atoms with Crippen molar-refractivity contribution in [2.75, 3.05) is 13.7 Å². The molecule has 0 radical (unpaired) electrons. The SMILES string of the molecule is COC(=O)CC(N)=C1O[C@H](CN=[N+]=[N-])[C@H]2OC(C)(C)OC12. The minimum absolute atomic E-state index is 0.0894. The smallest absolute Gasteiger partial charge is 0.311 e. The van der Waals surface area contributed by atoms with Gasteiger partial charge < -0.3 is 24.7 Å². The van der Waals surface area contributed by atoms with E-state index < -0.39 is 30.1 Å². The quantitative estimate of drug-likeness (QED) is 0.356. The van der Waals surface area contributed by atoms with Gasteiger partial charge >= 0.3 is 5.97 Å². The summed E-state index contributed by atoms with van der Waals surface area (Å²) in [5, 5.41) is 3.50. The molecule has 0 aromatic heterocycles. The van der Waals surface area contributed by atoms with Crippen molar-refractivity contribution in [3.8, 4) is 0 Å². The molecule has 2 fully saturated rings. The van der Waals surface area contributed by atoms with Gasteiger partial charge in [-0.05, 0) is 19.4 Å². The molecule has 2 aliphatic rings. The molecule has 116 valence electrons. The Morgan fingerprint density at radius 3 is 2.86 bits per heavy atom. The summed E-state index contributed by atoms with van der Waals surface area (Å²) in [5.41, 5.74) is 14.6. The highest BCUT2D eigenvalue weighted by Crippen LogP contribution is 2.41. The van der Waals surface area contributed by atoms with E-state index in [9.17, 15) is 4.79 Å². The van der Waals surface area contributed by atoms with E-state index in [1.165, 1.54) is 7.11 Å². The molecule has 3 atom stereocenters. The number of methoxy groups -OCH3 is 1. The van der Waals surface area contributed by atoms with Crippen molar-refractivity contribution < 1.29 is 23.7 Å². The Morgan fingerprint density at radius 1 is 1.52 bits per heavy atom. The summed E-state index contributed by atoms with van der Waals surface area (Å²) in [6.45, 7) is 3.63. The maximum Gasteiger partial charge on any atom is 0.311 e. The minimum Gasteiger partial charge on any atom is -0.487 e. The normalized spacial score (nSPS) is 31.9. The summed E-state index contributed by atoms with van der Waals surface area (Å²) >= 11 is 0. The van der Waals surface area contributed by atoms with E-state index in [-0.39, 0.29) is 18.7 Å². The zero-order chi connectivity index (χ0) is 15.6. The molecule has 0 aromatic carbocycles. The molecule has 9 heteroatoms. The van der Waals surface area contributed by atoms with Crippen molar-refractivity contribution in [3.63, 3.8) is 0 Å². The van der Waals surface area contributed by atoms with Gasteiger partial charge in [0.25, 0.3) is 0 Å². The third-order valence-electron chi connectivity index (χ3n) is 3.24. The van der Waals surface area contributed by atoms with Crippen LogP contribution < -0.4 is 5.73 Å². The average Bonchev–Trinajstić information content (AvgIpc) is 2.89. The predicted molar refractivity (Wildman–Crippen MR) is 70.6 cm³/mol. The fourth-order valence-corrected chi connectivity index (χ4v) is 2.39. The molecule has 0 bridgehead atoms. The van der Waals surface area contributed by atoms with E-state index in [0.29, 0.717) is 5.76 Å². The van der Waals surface area contributed by atoms with Gasteiger partial charge in [0.05, 0.1) is 25.8 Å². The number of carbonyl (C=O) groups is 1. The molecule has 2 rings (SSSR count). The maximum atomic E-state index is 11.3. The van der Waals surface area contributed by atoms with Crippen LogP contribution in [-0.4, -0.2) is 43.7 Å². The zero-order valence-corrected chi connectivity index (χ0v) is 12.1. The number of fused-ring (bicyclic) bond motifs is 1. The van der Waals surface area contributed by atoms with E-state index in [4.69, 9.17) is 25.5 Å². The molecule has 0 amide bonds. The molecule has 0 saturated carbocycles. The monoisotopic (exact) mass is 298 g/mol. The topological polar surface area (TPSA) is 129 Å². The van der Waals surface area contributed by atoms with Gasteiger partial charge in [0.2, 0.25) is 0 Å². The average molecular weight is 298 g/mol. The molecule has 21 heavy (non-hydrogen) atoms. The first-order valence-electron chi connectivity index (χ1n) is 6.46. The first-order valence-corrected chi connectivity index (χ1v) is 6.46. The highest BCUT2D eigenvalue weighted by Gasteiger charge is 2.54. The summed E-state index contributed by atoms with van der Waals surface area (Å²) in [6, 6.07) is 0. The second kappa shape index (κ2) is 5.80. The molecule has 0 aliphatic carbocycles. The third kappa shape index (κ3) is 3.21. The second-order valence-corrected chi connectivity index (χ2v) is 5.23. The van der Waals surface area contributed by atoms with E-state index in [1.54, 1.807) is 13.8 Å². The van der Waals surface area contributed by atoms with Crippen LogP contribution in [0.1, 0.15) is 20.3 Å². The van der Waals surface area contributed by atoms with Crippen LogP contribution in [0.4, 0.5) is 0 Å². The lowest BCUT2D eigenvalue weighted by molar-refractivity contribution is -0.165. The molecule has 0 spiro atoms. The van der Waals surface area contributed by atoms with Crippen molar-refractivity contribution >= 4 is 5.97 Å². The van der Waals surface area contributed by atoms with Gasteiger partial charge in [-0.25, -0.2) is 0 Å². The molecular weight excluding hydrogens is 280 g/mol. The molecule has 2 saturated heterocycles. The van der Waals surface area contributed by atoms with E-state index in [2.05, 4.69) is 14.8 Å². The van der Waals surface area contributed by atoms with Gasteiger partial charge in [0.15, 0.2) is 5.79 Å². The third-order valence-corrected chi connectivity index (χ3v) is 3.24. The van der Waals surface area contributed by atoms with Crippen LogP contribution in [0.3, 0.4) is 0 Å².